The molecule has 80 valence electrons. The maximum Gasteiger partial charge on any atom is 0.408 e. The maximum atomic E-state index is 11.3. The Bertz CT molecular complexity index is 243. The van der Waals surface area contributed by atoms with Gasteiger partial charge in [0.2, 0.25) is 0 Å². The predicted octanol–water partition coefficient (Wildman–Crippen LogP) is 1.17. The summed E-state index contributed by atoms with van der Waals surface area (Å²) in [5, 5.41) is 2.74. The molecule has 0 radical (unpaired) electrons. The Labute approximate surface area is 84.5 Å². The highest BCUT2D eigenvalue weighted by molar-refractivity contribution is 5.68. The molecule has 0 spiro atoms. The molecule has 0 saturated carbocycles. The van der Waals surface area contributed by atoms with Crippen molar-refractivity contribution in [1.82, 2.24) is 5.32 Å². The average molecular weight is 198 g/mol. The molecule has 14 heavy (non-hydrogen) atoms. The number of rotatable bonds is 1. The smallest absolute Gasteiger partial charge is 0.408 e. The van der Waals surface area contributed by atoms with Crippen LogP contribution >= 0.6 is 0 Å². The Morgan fingerprint density at radius 2 is 2.14 bits per heavy atom. The second-order valence-corrected chi connectivity index (χ2v) is 4.54. The minimum atomic E-state index is -0.450. The van der Waals surface area contributed by atoms with Gasteiger partial charge in [-0.15, -0.1) is 0 Å². The molecule has 0 aromatic rings. The molecule has 1 amide bonds. The van der Waals surface area contributed by atoms with Gasteiger partial charge in [0, 0.05) is 6.04 Å². The highest BCUT2D eigenvalue weighted by atomic mass is 16.6. The van der Waals surface area contributed by atoms with Crippen LogP contribution in [0.15, 0.2) is 12.2 Å². The van der Waals surface area contributed by atoms with E-state index in [9.17, 15) is 4.79 Å². The van der Waals surface area contributed by atoms with E-state index < -0.39 is 5.60 Å². The standard InChI is InChI=1S/C10H18N2O2/c1-10(2,3)14-9(13)12-8-5-4-7(11)6-8/h4-5,7-8H,6,11H2,1-3H3,(H,12,13). The number of nitrogens with one attached hydrogen (secondary N) is 1. The zero-order valence-corrected chi connectivity index (χ0v) is 8.91. The number of amides is 1. The van der Waals surface area contributed by atoms with Crippen LogP contribution in [0.5, 0.6) is 0 Å². The summed E-state index contributed by atoms with van der Waals surface area (Å²) >= 11 is 0. The molecule has 1 aliphatic rings. The van der Waals surface area contributed by atoms with Gasteiger partial charge in [-0.2, -0.15) is 0 Å². The molecule has 0 saturated heterocycles. The van der Waals surface area contributed by atoms with E-state index in [1.807, 2.05) is 32.9 Å². The van der Waals surface area contributed by atoms with Crippen molar-refractivity contribution in [2.24, 2.45) is 5.73 Å². The van der Waals surface area contributed by atoms with Crippen LogP contribution in [-0.4, -0.2) is 23.8 Å². The molecule has 2 atom stereocenters. The van der Waals surface area contributed by atoms with E-state index in [1.54, 1.807) is 0 Å². The number of ether oxygens (including phenoxy) is 1. The van der Waals surface area contributed by atoms with E-state index in [0.717, 1.165) is 6.42 Å². The zero-order chi connectivity index (χ0) is 10.8. The molecule has 0 aliphatic heterocycles. The number of carbonyl (C=O) groups excluding carboxylic acids is 1. The lowest BCUT2D eigenvalue weighted by atomic mass is 10.2. The lowest BCUT2D eigenvalue weighted by Gasteiger charge is -2.21. The Morgan fingerprint density at radius 1 is 1.50 bits per heavy atom. The first kappa shape index (κ1) is 11.0. The Morgan fingerprint density at radius 3 is 2.57 bits per heavy atom. The van der Waals surface area contributed by atoms with Crippen LogP contribution in [0.2, 0.25) is 0 Å². The van der Waals surface area contributed by atoms with Crippen molar-refractivity contribution < 1.29 is 9.53 Å². The van der Waals surface area contributed by atoms with Crippen LogP contribution < -0.4 is 11.1 Å². The summed E-state index contributed by atoms with van der Waals surface area (Å²) in [5.41, 5.74) is 5.20. The van der Waals surface area contributed by atoms with Gasteiger partial charge in [-0.05, 0) is 27.2 Å². The third-order valence-electron chi connectivity index (χ3n) is 1.82. The number of alkyl carbamates (subject to hydrolysis) is 1. The van der Waals surface area contributed by atoms with Crippen molar-refractivity contribution in [2.45, 2.75) is 44.9 Å². The quantitative estimate of drug-likeness (QED) is 0.621. The van der Waals surface area contributed by atoms with Crippen LogP contribution in [0.1, 0.15) is 27.2 Å². The summed E-state index contributed by atoms with van der Waals surface area (Å²) in [6.07, 6.45) is 4.15. The Kier molecular flexibility index (Phi) is 3.16. The third kappa shape index (κ3) is 3.79. The van der Waals surface area contributed by atoms with Crippen molar-refractivity contribution in [2.75, 3.05) is 0 Å². The molecule has 4 nitrogen and oxygen atoms in total. The largest absolute Gasteiger partial charge is 0.444 e. The first-order valence-corrected chi connectivity index (χ1v) is 4.80. The normalized spacial score (nSPS) is 26.3. The maximum absolute atomic E-state index is 11.3. The van der Waals surface area contributed by atoms with Gasteiger partial charge >= 0.3 is 6.09 Å². The average Bonchev–Trinajstić information content (AvgIpc) is 2.30. The van der Waals surface area contributed by atoms with Gasteiger partial charge in [0.25, 0.3) is 0 Å². The molecule has 0 heterocycles. The van der Waals surface area contributed by atoms with Gasteiger partial charge in [0.05, 0.1) is 6.04 Å². The van der Waals surface area contributed by atoms with Crippen LogP contribution in [0.3, 0.4) is 0 Å². The fourth-order valence-electron chi connectivity index (χ4n) is 1.29. The lowest BCUT2D eigenvalue weighted by molar-refractivity contribution is 0.0514. The fourth-order valence-corrected chi connectivity index (χ4v) is 1.29. The van der Waals surface area contributed by atoms with Crippen molar-refractivity contribution >= 4 is 6.09 Å². The second-order valence-electron chi connectivity index (χ2n) is 4.54. The summed E-state index contributed by atoms with van der Waals surface area (Å²) in [6, 6.07) is 0.0646. The van der Waals surface area contributed by atoms with Gasteiger partial charge in [0.15, 0.2) is 0 Å². The topological polar surface area (TPSA) is 64.3 Å². The van der Waals surface area contributed by atoms with Gasteiger partial charge < -0.3 is 15.8 Å². The molecule has 2 unspecified atom stereocenters. The minimum Gasteiger partial charge on any atom is -0.444 e. The van der Waals surface area contributed by atoms with Gasteiger partial charge in [-0.1, -0.05) is 12.2 Å². The van der Waals surface area contributed by atoms with Gasteiger partial charge in [-0.25, -0.2) is 4.79 Å². The molecule has 0 bridgehead atoms. The lowest BCUT2D eigenvalue weighted by Crippen LogP contribution is -2.38. The summed E-state index contributed by atoms with van der Waals surface area (Å²) in [4.78, 5) is 11.3. The van der Waals surface area contributed by atoms with E-state index in [2.05, 4.69) is 5.32 Å². The van der Waals surface area contributed by atoms with E-state index in [4.69, 9.17) is 10.5 Å². The second kappa shape index (κ2) is 4.00. The Hall–Kier alpha value is -1.03. The summed E-state index contributed by atoms with van der Waals surface area (Å²) in [7, 11) is 0. The summed E-state index contributed by atoms with van der Waals surface area (Å²) in [6.45, 7) is 5.51. The SMILES string of the molecule is CC(C)(C)OC(=O)NC1C=CC(N)C1. The van der Waals surface area contributed by atoms with Crippen molar-refractivity contribution in [1.29, 1.82) is 0 Å². The van der Waals surface area contributed by atoms with Crippen molar-refractivity contribution in [3.63, 3.8) is 0 Å². The number of nitrogens with two attached hydrogens (primary N) is 1. The number of carbonyl (C=O) groups is 1. The van der Waals surface area contributed by atoms with E-state index in [1.165, 1.54) is 0 Å². The summed E-state index contributed by atoms with van der Waals surface area (Å²) < 4.78 is 5.11. The minimum absolute atomic E-state index is 0.0137. The first-order chi connectivity index (χ1) is 6.37. The van der Waals surface area contributed by atoms with Gasteiger partial charge in [0.1, 0.15) is 5.60 Å². The highest BCUT2D eigenvalue weighted by Gasteiger charge is 2.21. The van der Waals surface area contributed by atoms with Crippen LogP contribution in [0.25, 0.3) is 0 Å². The van der Waals surface area contributed by atoms with E-state index >= 15 is 0 Å². The van der Waals surface area contributed by atoms with Gasteiger partial charge in [-0.3, -0.25) is 0 Å². The van der Waals surface area contributed by atoms with Crippen molar-refractivity contribution in [3.8, 4) is 0 Å². The summed E-state index contributed by atoms with van der Waals surface area (Å²) in [5.74, 6) is 0. The molecule has 0 aromatic carbocycles. The molecule has 0 fully saturated rings. The van der Waals surface area contributed by atoms with E-state index in [-0.39, 0.29) is 18.2 Å². The molecule has 3 N–H and O–H groups in total. The van der Waals surface area contributed by atoms with Crippen LogP contribution in [-0.2, 0) is 4.74 Å². The molecule has 0 aromatic heterocycles. The van der Waals surface area contributed by atoms with Crippen molar-refractivity contribution in [3.05, 3.63) is 12.2 Å². The molecular weight excluding hydrogens is 180 g/mol. The molecular formula is C10H18N2O2. The molecule has 1 rings (SSSR count). The zero-order valence-electron chi connectivity index (χ0n) is 8.91. The Balaban J connectivity index is 2.32. The molecule has 4 heteroatoms. The third-order valence-corrected chi connectivity index (χ3v) is 1.82. The number of hydrogen-bond donors (Lipinski definition) is 2. The first-order valence-electron chi connectivity index (χ1n) is 4.80. The van der Waals surface area contributed by atoms with Crippen LogP contribution in [0, 0.1) is 0 Å². The number of hydrogen-bond acceptors (Lipinski definition) is 3. The van der Waals surface area contributed by atoms with E-state index in [0.29, 0.717) is 0 Å². The highest BCUT2D eigenvalue weighted by Crippen LogP contribution is 2.11. The fraction of sp³-hybridized carbons (Fsp3) is 0.700. The predicted molar refractivity (Wildman–Crippen MR) is 54.9 cm³/mol. The monoisotopic (exact) mass is 198 g/mol. The molecule has 1 aliphatic carbocycles. The van der Waals surface area contributed by atoms with Crippen LogP contribution in [0.4, 0.5) is 4.79 Å².